The minimum atomic E-state index is -0.159. The first kappa shape index (κ1) is 14.7. The Morgan fingerprint density at radius 1 is 1.19 bits per heavy atom. The van der Waals surface area contributed by atoms with Crippen LogP contribution in [0.5, 0.6) is 5.75 Å². The first-order valence-electron chi connectivity index (χ1n) is 6.55. The summed E-state index contributed by atoms with van der Waals surface area (Å²) < 4.78 is 5.07. The van der Waals surface area contributed by atoms with Gasteiger partial charge >= 0.3 is 0 Å². The second kappa shape index (κ2) is 7.19. The van der Waals surface area contributed by atoms with E-state index >= 15 is 0 Å². The fraction of sp³-hybridized carbons (Fsp3) is 0.188. The van der Waals surface area contributed by atoms with E-state index in [1.165, 1.54) is 0 Å². The molecule has 0 spiro atoms. The Labute approximate surface area is 123 Å². The summed E-state index contributed by atoms with van der Waals surface area (Å²) in [5.41, 5.74) is 5.13. The van der Waals surface area contributed by atoms with Crippen LogP contribution in [0, 0.1) is 0 Å². The van der Waals surface area contributed by atoms with Crippen molar-refractivity contribution < 1.29 is 9.53 Å². The van der Waals surface area contributed by atoms with E-state index in [9.17, 15) is 4.79 Å². The lowest BCUT2D eigenvalue weighted by molar-refractivity contribution is -0.120. The second-order valence-corrected chi connectivity index (χ2v) is 4.49. The van der Waals surface area contributed by atoms with E-state index in [1.807, 2.05) is 43.3 Å². The summed E-state index contributed by atoms with van der Waals surface area (Å²) in [7, 11) is 1.61. The zero-order valence-electron chi connectivity index (χ0n) is 12.0. The standard InChI is InChI=1S/C16H17N3O2/c1-12(14-7-9-17-10-8-14)18-19-16(20)11-13-3-5-15(21-2)6-4-13/h3-10H,11H2,1-2H3,(H,19,20)/b18-12+. The van der Waals surface area contributed by atoms with Crippen LogP contribution in [0.2, 0.25) is 0 Å². The van der Waals surface area contributed by atoms with Gasteiger partial charge in [-0.05, 0) is 36.8 Å². The molecule has 108 valence electrons. The molecule has 1 aromatic carbocycles. The van der Waals surface area contributed by atoms with Gasteiger partial charge in [0.2, 0.25) is 5.91 Å². The molecule has 0 aliphatic carbocycles. The van der Waals surface area contributed by atoms with E-state index < -0.39 is 0 Å². The molecule has 1 N–H and O–H groups in total. The number of hydrazone groups is 1. The Hall–Kier alpha value is -2.69. The van der Waals surface area contributed by atoms with Crippen LogP contribution in [0.4, 0.5) is 0 Å². The summed E-state index contributed by atoms with van der Waals surface area (Å²) in [5.74, 6) is 0.610. The molecule has 0 bridgehead atoms. The lowest BCUT2D eigenvalue weighted by Gasteiger charge is -2.04. The van der Waals surface area contributed by atoms with Crippen LogP contribution >= 0.6 is 0 Å². The number of carbonyl (C=O) groups is 1. The number of rotatable bonds is 5. The van der Waals surface area contributed by atoms with Crippen molar-refractivity contribution in [2.75, 3.05) is 7.11 Å². The molecule has 0 aliphatic heterocycles. The molecule has 2 rings (SSSR count). The smallest absolute Gasteiger partial charge is 0.244 e. The van der Waals surface area contributed by atoms with Crippen LogP contribution in [-0.4, -0.2) is 23.7 Å². The fourth-order valence-electron chi connectivity index (χ4n) is 1.77. The second-order valence-electron chi connectivity index (χ2n) is 4.49. The molecule has 2 aromatic rings. The van der Waals surface area contributed by atoms with Crippen molar-refractivity contribution in [2.45, 2.75) is 13.3 Å². The van der Waals surface area contributed by atoms with Gasteiger partial charge in [-0.3, -0.25) is 9.78 Å². The fourth-order valence-corrected chi connectivity index (χ4v) is 1.77. The number of benzene rings is 1. The molecule has 1 amide bonds. The maximum atomic E-state index is 11.8. The lowest BCUT2D eigenvalue weighted by atomic mass is 10.1. The topological polar surface area (TPSA) is 63.6 Å². The van der Waals surface area contributed by atoms with Gasteiger partial charge in [-0.15, -0.1) is 0 Å². The van der Waals surface area contributed by atoms with Crippen LogP contribution in [0.1, 0.15) is 18.1 Å². The van der Waals surface area contributed by atoms with Gasteiger partial charge in [-0.1, -0.05) is 12.1 Å². The molecular weight excluding hydrogens is 266 g/mol. The highest BCUT2D eigenvalue weighted by atomic mass is 16.5. The van der Waals surface area contributed by atoms with E-state index in [-0.39, 0.29) is 12.3 Å². The number of aromatic nitrogens is 1. The zero-order chi connectivity index (χ0) is 15.1. The van der Waals surface area contributed by atoms with Gasteiger partial charge in [0.15, 0.2) is 0 Å². The minimum Gasteiger partial charge on any atom is -0.497 e. The van der Waals surface area contributed by atoms with Crippen molar-refractivity contribution in [2.24, 2.45) is 5.10 Å². The van der Waals surface area contributed by atoms with E-state index in [1.54, 1.807) is 19.5 Å². The van der Waals surface area contributed by atoms with Crippen LogP contribution in [-0.2, 0) is 11.2 Å². The highest BCUT2D eigenvalue weighted by Crippen LogP contribution is 2.11. The summed E-state index contributed by atoms with van der Waals surface area (Å²) in [6.07, 6.45) is 3.65. The third-order valence-corrected chi connectivity index (χ3v) is 2.97. The highest BCUT2D eigenvalue weighted by molar-refractivity contribution is 5.99. The van der Waals surface area contributed by atoms with E-state index in [4.69, 9.17) is 4.74 Å². The number of amides is 1. The number of hydrogen-bond acceptors (Lipinski definition) is 4. The van der Waals surface area contributed by atoms with Gasteiger partial charge in [-0.25, -0.2) is 5.43 Å². The van der Waals surface area contributed by atoms with E-state index in [0.29, 0.717) is 0 Å². The number of nitrogens with one attached hydrogen (secondary N) is 1. The average Bonchev–Trinajstić information content (AvgIpc) is 2.54. The molecule has 1 heterocycles. The van der Waals surface area contributed by atoms with Crippen LogP contribution in [0.25, 0.3) is 0 Å². The molecule has 0 radical (unpaired) electrons. The SMILES string of the molecule is COc1ccc(CC(=O)N/N=C(\C)c2ccncc2)cc1. The van der Waals surface area contributed by atoms with Gasteiger partial charge in [-0.2, -0.15) is 5.10 Å². The van der Waals surface area contributed by atoms with Crippen molar-refractivity contribution >= 4 is 11.6 Å². The molecule has 0 aliphatic rings. The van der Waals surface area contributed by atoms with Crippen molar-refractivity contribution in [3.8, 4) is 5.75 Å². The minimum absolute atomic E-state index is 0.159. The molecule has 5 nitrogen and oxygen atoms in total. The predicted octanol–water partition coefficient (Wildman–Crippen LogP) is 2.17. The lowest BCUT2D eigenvalue weighted by Crippen LogP contribution is -2.21. The van der Waals surface area contributed by atoms with E-state index in [2.05, 4.69) is 15.5 Å². The largest absolute Gasteiger partial charge is 0.497 e. The highest BCUT2D eigenvalue weighted by Gasteiger charge is 2.03. The Balaban J connectivity index is 1.92. The molecule has 0 saturated carbocycles. The van der Waals surface area contributed by atoms with Crippen molar-refractivity contribution in [3.63, 3.8) is 0 Å². The monoisotopic (exact) mass is 283 g/mol. The van der Waals surface area contributed by atoms with Gasteiger partial charge in [0.1, 0.15) is 5.75 Å². The van der Waals surface area contributed by atoms with Crippen LogP contribution in [0.15, 0.2) is 53.9 Å². The van der Waals surface area contributed by atoms with Crippen molar-refractivity contribution in [3.05, 3.63) is 59.9 Å². The van der Waals surface area contributed by atoms with Gasteiger partial charge < -0.3 is 4.74 Å². The third-order valence-electron chi connectivity index (χ3n) is 2.97. The average molecular weight is 283 g/mol. The number of pyridine rings is 1. The Bertz CT molecular complexity index is 622. The Morgan fingerprint density at radius 2 is 1.86 bits per heavy atom. The van der Waals surface area contributed by atoms with Crippen molar-refractivity contribution in [1.29, 1.82) is 0 Å². The first-order chi connectivity index (χ1) is 10.2. The number of methoxy groups -OCH3 is 1. The van der Waals surface area contributed by atoms with Gasteiger partial charge in [0, 0.05) is 18.0 Å². The summed E-state index contributed by atoms with van der Waals surface area (Å²) in [4.78, 5) is 15.8. The maximum absolute atomic E-state index is 11.8. The molecule has 21 heavy (non-hydrogen) atoms. The Kier molecular flexibility index (Phi) is 5.04. The number of nitrogens with zero attached hydrogens (tertiary/aromatic N) is 2. The molecule has 0 saturated heterocycles. The predicted molar refractivity (Wildman–Crippen MR) is 81.3 cm³/mol. The van der Waals surface area contributed by atoms with Crippen LogP contribution < -0.4 is 10.2 Å². The van der Waals surface area contributed by atoms with Crippen LogP contribution in [0.3, 0.4) is 0 Å². The summed E-state index contributed by atoms with van der Waals surface area (Å²) >= 11 is 0. The summed E-state index contributed by atoms with van der Waals surface area (Å²) in [5, 5.41) is 4.09. The number of hydrogen-bond donors (Lipinski definition) is 1. The maximum Gasteiger partial charge on any atom is 0.244 e. The molecule has 0 fully saturated rings. The molecule has 1 aromatic heterocycles. The molecule has 0 atom stereocenters. The first-order valence-corrected chi connectivity index (χ1v) is 6.55. The molecular formula is C16H17N3O2. The molecule has 5 heteroatoms. The third kappa shape index (κ3) is 4.42. The van der Waals surface area contributed by atoms with Gasteiger partial charge in [0.05, 0.1) is 19.2 Å². The molecule has 0 unspecified atom stereocenters. The normalized spacial score (nSPS) is 11.0. The number of ether oxygens (including phenoxy) is 1. The summed E-state index contributed by atoms with van der Waals surface area (Å²) in [6.45, 7) is 1.84. The Morgan fingerprint density at radius 3 is 2.48 bits per heavy atom. The number of carbonyl (C=O) groups excluding carboxylic acids is 1. The van der Waals surface area contributed by atoms with Gasteiger partial charge in [0.25, 0.3) is 0 Å². The quantitative estimate of drug-likeness (QED) is 0.675. The van der Waals surface area contributed by atoms with Crippen molar-refractivity contribution in [1.82, 2.24) is 10.4 Å². The van der Waals surface area contributed by atoms with E-state index in [0.717, 1.165) is 22.6 Å². The summed E-state index contributed by atoms with van der Waals surface area (Å²) in [6, 6.07) is 11.1. The zero-order valence-corrected chi connectivity index (χ0v) is 12.0.